The van der Waals surface area contributed by atoms with E-state index in [1.165, 1.54) is 18.2 Å². The normalized spacial score (nSPS) is 10.2. The molecule has 0 saturated carbocycles. The minimum atomic E-state index is -0.601. The van der Waals surface area contributed by atoms with Gasteiger partial charge in [0.25, 0.3) is 5.69 Å². The molecule has 126 valence electrons. The zero-order valence-corrected chi connectivity index (χ0v) is 13.4. The van der Waals surface area contributed by atoms with Crippen LogP contribution in [0.2, 0.25) is 0 Å². The number of esters is 1. The van der Waals surface area contributed by atoms with E-state index in [-0.39, 0.29) is 17.0 Å². The molecule has 2 aromatic carbocycles. The van der Waals surface area contributed by atoms with E-state index in [0.717, 1.165) is 0 Å². The summed E-state index contributed by atoms with van der Waals surface area (Å²) in [6.45, 7) is 2.28. The van der Waals surface area contributed by atoms with Gasteiger partial charge in [0.05, 0.1) is 11.5 Å². The first-order valence-corrected chi connectivity index (χ1v) is 7.21. The van der Waals surface area contributed by atoms with Crippen LogP contribution in [0, 0.1) is 17.0 Å². The highest BCUT2D eigenvalue weighted by Crippen LogP contribution is 2.25. The molecule has 0 spiro atoms. The average Bonchev–Trinajstić information content (AvgIpc) is 2.55. The Kier molecular flexibility index (Phi) is 5.86. The summed E-state index contributed by atoms with van der Waals surface area (Å²) in [5, 5.41) is 10.8. The molecule has 0 amide bonds. The van der Waals surface area contributed by atoms with Gasteiger partial charge in [0.15, 0.2) is 0 Å². The van der Waals surface area contributed by atoms with E-state index in [4.69, 9.17) is 14.2 Å². The number of nitro benzene ring substituents is 1. The minimum absolute atomic E-state index is 0.0295. The van der Waals surface area contributed by atoms with Crippen LogP contribution in [0.25, 0.3) is 0 Å². The van der Waals surface area contributed by atoms with E-state index in [0.29, 0.717) is 24.5 Å². The second kappa shape index (κ2) is 8.07. The molecule has 0 heterocycles. The molecule has 0 aliphatic rings. The minimum Gasteiger partial charge on any atom is -0.490 e. The third kappa shape index (κ3) is 4.30. The van der Waals surface area contributed by atoms with Crippen LogP contribution in [-0.2, 0) is 4.74 Å². The van der Waals surface area contributed by atoms with Crippen molar-refractivity contribution >= 4 is 11.7 Å². The van der Waals surface area contributed by atoms with E-state index in [9.17, 15) is 14.9 Å². The van der Waals surface area contributed by atoms with Crippen molar-refractivity contribution in [1.29, 1.82) is 0 Å². The van der Waals surface area contributed by atoms with E-state index in [1.807, 2.05) is 0 Å². The first kappa shape index (κ1) is 17.4. The van der Waals surface area contributed by atoms with Gasteiger partial charge < -0.3 is 14.2 Å². The Morgan fingerprint density at radius 3 is 2.58 bits per heavy atom. The highest BCUT2D eigenvalue weighted by molar-refractivity contribution is 5.94. The summed E-state index contributed by atoms with van der Waals surface area (Å²) >= 11 is 0. The summed E-state index contributed by atoms with van der Waals surface area (Å²) < 4.78 is 15.7. The van der Waals surface area contributed by atoms with Gasteiger partial charge in [-0.1, -0.05) is 12.1 Å². The highest BCUT2D eigenvalue weighted by Gasteiger charge is 2.16. The summed E-state index contributed by atoms with van der Waals surface area (Å²) in [5.41, 5.74) is 0.651. The van der Waals surface area contributed by atoms with Crippen LogP contribution in [0.3, 0.4) is 0 Å². The molecule has 0 fully saturated rings. The van der Waals surface area contributed by atoms with Crippen molar-refractivity contribution in [3.05, 3.63) is 63.7 Å². The quantitative estimate of drug-likeness (QED) is 0.255. The zero-order valence-electron chi connectivity index (χ0n) is 13.4. The number of para-hydroxylation sites is 1. The molecule has 0 atom stereocenters. The number of methoxy groups -OCH3 is 1. The van der Waals surface area contributed by atoms with Gasteiger partial charge in [-0.15, -0.1) is 0 Å². The Morgan fingerprint density at radius 2 is 1.92 bits per heavy atom. The Labute approximate surface area is 138 Å². The van der Waals surface area contributed by atoms with Crippen molar-refractivity contribution in [3.8, 4) is 11.5 Å². The molecule has 2 aromatic rings. The smallest absolute Gasteiger partial charge is 0.347 e. The fourth-order valence-corrected chi connectivity index (χ4v) is 2.05. The number of carbonyl (C=O) groups excluding carboxylic acids is 1. The highest BCUT2D eigenvalue weighted by atomic mass is 16.6. The second-order valence-electron chi connectivity index (χ2n) is 4.93. The van der Waals surface area contributed by atoms with Gasteiger partial charge in [-0.25, -0.2) is 4.79 Å². The molecule has 2 rings (SSSR count). The van der Waals surface area contributed by atoms with Crippen molar-refractivity contribution in [2.45, 2.75) is 6.92 Å². The van der Waals surface area contributed by atoms with E-state index < -0.39 is 10.9 Å². The fourth-order valence-electron chi connectivity index (χ4n) is 2.05. The molecule has 7 nitrogen and oxygen atoms in total. The van der Waals surface area contributed by atoms with Crippen LogP contribution in [0.1, 0.15) is 15.9 Å². The van der Waals surface area contributed by atoms with Gasteiger partial charge in [-0.05, 0) is 31.2 Å². The van der Waals surface area contributed by atoms with Gasteiger partial charge in [-0.3, -0.25) is 10.1 Å². The molecule has 0 aliphatic heterocycles. The van der Waals surface area contributed by atoms with E-state index >= 15 is 0 Å². The molecule has 0 bridgehead atoms. The summed E-state index contributed by atoms with van der Waals surface area (Å²) in [5.74, 6) is 0.0178. The molecule has 24 heavy (non-hydrogen) atoms. The van der Waals surface area contributed by atoms with Gasteiger partial charge in [0, 0.05) is 18.7 Å². The Balaban J connectivity index is 2.15. The first-order chi connectivity index (χ1) is 11.5. The van der Waals surface area contributed by atoms with E-state index in [2.05, 4.69) is 0 Å². The maximum absolute atomic E-state index is 12.3. The van der Waals surface area contributed by atoms with Crippen molar-refractivity contribution in [1.82, 2.24) is 0 Å². The molecule has 0 aliphatic carbocycles. The molecule has 0 N–H and O–H groups in total. The molecule has 0 unspecified atom stereocenters. The largest absolute Gasteiger partial charge is 0.490 e. The number of aryl methyl sites for hydroxylation is 1. The molecule has 0 saturated heterocycles. The number of nitrogens with zero attached hydrogens (tertiary/aromatic N) is 1. The van der Waals surface area contributed by atoms with Crippen LogP contribution >= 0.6 is 0 Å². The van der Waals surface area contributed by atoms with Crippen LogP contribution in [0.4, 0.5) is 5.69 Å². The van der Waals surface area contributed by atoms with Gasteiger partial charge in [-0.2, -0.15) is 0 Å². The number of hydrogen-bond acceptors (Lipinski definition) is 6. The number of rotatable bonds is 7. The second-order valence-corrected chi connectivity index (χ2v) is 4.93. The Bertz CT molecular complexity index is 744. The van der Waals surface area contributed by atoms with Gasteiger partial charge in [0.2, 0.25) is 0 Å². The monoisotopic (exact) mass is 331 g/mol. The lowest BCUT2D eigenvalue weighted by Crippen LogP contribution is -2.12. The van der Waals surface area contributed by atoms with Crippen molar-refractivity contribution in [2.24, 2.45) is 0 Å². The molecule has 0 radical (unpaired) electrons. The van der Waals surface area contributed by atoms with Gasteiger partial charge >= 0.3 is 5.97 Å². The van der Waals surface area contributed by atoms with Gasteiger partial charge in [0.1, 0.15) is 23.7 Å². The summed E-state index contributed by atoms with van der Waals surface area (Å²) in [4.78, 5) is 22.7. The topological polar surface area (TPSA) is 87.9 Å². The molecular weight excluding hydrogens is 314 g/mol. The number of benzene rings is 2. The lowest BCUT2D eigenvalue weighted by molar-refractivity contribution is -0.385. The predicted octanol–water partition coefficient (Wildman–Crippen LogP) is 3.15. The Morgan fingerprint density at radius 1 is 1.17 bits per heavy atom. The third-order valence-corrected chi connectivity index (χ3v) is 3.23. The fraction of sp³-hybridized carbons (Fsp3) is 0.235. The summed E-state index contributed by atoms with van der Waals surface area (Å²) in [6, 6.07) is 10.8. The van der Waals surface area contributed by atoms with Crippen molar-refractivity contribution in [3.63, 3.8) is 0 Å². The Hall–Kier alpha value is -2.93. The number of nitro groups is 1. The lowest BCUT2D eigenvalue weighted by Gasteiger charge is -2.11. The molecular formula is C17H17NO6. The van der Waals surface area contributed by atoms with Crippen LogP contribution in [0.5, 0.6) is 11.5 Å². The number of ether oxygens (including phenoxy) is 3. The summed E-state index contributed by atoms with van der Waals surface area (Å²) in [6.07, 6.45) is 0. The molecule has 7 heteroatoms. The number of carbonyl (C=O) groups is 1. The molecule has 0 aromatic heterocycles. The third-order valence-electron chi connectivity index (χ3n) is 3.23. The average molecular weight is 331 g/mol. The van der Waals surface area contributed by atoms with E-state index in [1.54, 1.807) is 38.3 Å². The standard InChI is InChI=1S/C17H17NO6/c1-12-11-13(7-8-15(12)18(20)21)24-17(19)14-5-3-4-6-16(14)23-10-9-22-2/h3-8,11H,9-10H2,1-2H3. The van der Waals surface area contributed by atoms with Crippen LogP contribution < -0.4 is 9.47 Å². The first-order valence-electron chi connectivity index (χ1n) is 7.21. The van der Waals surface area contributed by atoms with Crippen LogP contribution in [0.15, 0.2) is 42.5 Å². The van der Waals surface area contributed by atoms with Crippen molar-refractivity contribution < 1.29 is 23.9 Å². The van der Waals surface area contributed by atoms with Crippen molar-refractivity contribution in [2.75, 3.05) is 20.3 Å². The maximum atomic E-state index is 12.3. The SMILES string of the molecule is COCCOc1ccccc1C(=O)Oc1ccc([N+](=O)[O-])c(C)c1. The lowest BCUT2D eigenvalue weighted by atomic mass is 10.2. The zero-order chi connectivity index (χ0) is 17.5. The van der Waals surface area contributed by atoms with Crippen LogP contribution in [-0.4, -0.2) is 31.2 Å². The summed E-state index contributed by atoms with van der Waals surface area (Å²) in [7, 11) is 1.56. The maximum Gasteiger partial charge on any atom is 0.347 e. The number of hydrogen-bond donors (Lipinski definition) is 0. The predicted molar refractivity (Wildman–Crippen MR) is 86.6 cm³/mol.